The van der Waals surface area contributed by atoms with Gasteiger partial charge in [-0.2, -0.15) is 0 Å². The molecule has 0 spiro atoms. The molecule has 51 heavy (non-hydrogen) atoms. The highest BCUT2D eigenvalue weighted by molar-refractivity contribution is 6.17. The van der Waals surface area contributed by atoms with Crippen LogP contribution in [0, 0.1) is 0 Å². The summed E-state index contributed by atoms with van der Waals surface area (Å²) in [5, 5.41) is 4.36. The van der Waals surface area contributed by atoms with Gasteiger partial charge < -0.3 is 13.7 Å². The van der Waals surface area contributed by atoms with Crippen LogP contribution in [0.25, 0.3) is 77.3 Å². The summed E-state index contributed by atoms with van der Waals surface area (Å²) >= 11 is 0. The van der Waals surface area contributed by atoms with Gasteiger partial charge in [-0.05, 0) is 88.5 Å². The number of rotatable bonds is 6. The van der Waals surface area contributed by atoms with Crippen LogP contribution in [-0.2, 0) is 0 Å². The predicted molar refractivity (Wildman–Crippen MR) is 212 cm³/mol. The highest BCUT2D eigenvalue weighted by Gasteiger charge is 2.24. The fourth-order valence-corrected chi connectivity index (χ4v) is 7.48. The topological polar surface area (TPSA) is 29.5 Å². The van der Waals surface area contributed by atoms with E-state index in [4.69, 9.17) is 8.83 Å². The lowest BCUT2D eigenvalue weighted by molar-refractivity contribution is 0.668. The number of hydrogen-bond acceptors (Lipinski definition) is 3. The average Bonchev–Trinajstić information content (AvgIpc) is 3.77. The van der Waals surface area contributed by atoms with Crippen molar-refractivity contribution in [2.45, 2.75) is 0 Å². The molecule has 10 aromatic rings. The molecule has 0 fully saturated rings. The molecule has 0 radical (unpaired) electrons. The zero-order chi connectivity index (χ0) is 33.7. The van der Waals surface area contributed by atoms with E-state index in [-0.39, 0.29) is 0 Å². The molecule has 0 saturated heterocycles. The summed E-state index contributed by atoms with van der Waals surface area (Å²) in [4.78, 5) is 2.38. The Morgan fingerprint density at radius 3 is 1.61 bits per heavy atom. The van der Waals surface area contributed by atoms with Gasteiger partial charge in [0.25, 0.3) is 0 Å². The van der Waals surface area contributed by atoms with Crippen molar-refractivity contribution < 1.29 is 8.83 Å². The molecule has 8 aromatic carbocycles. The molecule has 10 rings (SSSR count). The van der Waals surface area contributed by atoms with Crippen molar-refractivity contribution in [3.05, 3.63) is 188 Å². The number of fused-ring (bicyclic) bond motifs is 6. The highest BCUT2D eigenvalue weighted by Crippen LogP contribution is 2.48. The molecule has 0 saturated carbocycles. The summed E-state index contributed by atoms with van der Waals surface area (Å²) in [6.45, 7) is 0. The minimum atomic E-state index is 0.857. The highest BCUT2D eigenvalue weighted by atomic mass is 16.3. The second-order valence-electron chi connectivity index (χ2n) is 12.9. The fraction of sp³-hybridized carbons (Fsp3) is 0. The first-order chi connectivity index (χ1) is 25.3. The molecular weight excluding hydrogens is 623 g/mol. The van der Waals surface area contributed by atoms with Crippen LogP contribution in [-0.4, -0.2) is 0 Å². The first-order valence-electron chi connectivity index (χ1n) is 17.3. The first-order valence-corrected chi connectivity index (χ1v) is 17.3. The smallest absolute Gasteiger partial charge is 0.136 e. The monoisotopic (exact) mass is 653 g/mol. The lowest BCUT2D eigenvalue weighted by Crippen LogP contribution is -2.11. The van der Waals surface area contributed by atoms with E-state index < -0.39 is 0 Å². The Morgan fingerprint density at radius 1 is 0.314 bits per heavy atom. The van der Waals surface area contributed by atoms with Crippen LogP contribution in [0.1, 0.15) is 0 Å². The molecule has 0 aliphatic rings. The van der Waals surface area contributed by atoms with E-state index in [0.29, 0.717) is 0 Å². The van der Waals surface area contributed by atoms with E-state index in [9.17, 15) is 0 Å². The van der Waals surface area contributed by atoms with Crippen molar-refractivity contribution >= 4 is 60.9 Å². The van der Waals surface area contributed by atoms with Gasteiger partial charge in [-0.15, -0.1) is 0 Å². The van der Waals surface area contributed by atoms with E-state index in [1.54, 1.807) is 0 Å². The Hall–Kier alpha value is -6.84. The number of anilines is 3. The number of nitrogens with zero attached hydrogens (tertiary/aromatic N) is 1. The van der Waals surface area contributed by atoms with Crippen LogP contribution in [0.2, 0.25) is 0 Å². The summed E-state index contributed by atoms with van der Waals surface area (Å²) in [7, 11) is 0. The standard InChI is InChI=1S/C48H31NO2/c1-3-12-32(13-4-1)34-22-24-37(25-23-34)49(38-26-28-45-41(31-38)39-18-7-9-20-43(39)50-45)42-27-29-46-48(40-19-8-10-21-44(40)51-46)47(42)36-17-11-16-35(30-36)33-14-5-2-6-15-33/h1-31H. The molecule has 0 amide bonds. The van der Waals surface area contributed by atoms with E-state index in [1.165, 1.54) is 16.7 Å². The first kappa shape index (κ1) is 29.1. The summed E-state index contributed by atoms with van der Waals surface area (Å²) in [6.07, 6.45) is 0. The quantitative estimate of drug-likeness (QED) is 0.179. The second kappa shape index (κ2) is 11.9. The van der Waals surface area contributed by atoms with Crippen molar-refractivity contribution in [3.8, 4) is 33.4 Å². The Bertz CT molecular complexity index is 2850. The van der Waals surface area contributed by atoms with Gasteiger partial charge in [-0.25, -0.2) is 0 Å². The molecule has 0 N–H and O–H groups in total. The minimum absolute atomic E-state index is 0.857. The maximum Gasteiger partial charge on any atom is 0.136 e. The summed E-state index contributed by atoms with van der Waals surface area (Å²) < 4.78 is 12.8. The normalized spacial score (nSPS) is 11.5. The van der Waals surface area contributed by atoms with Crippen LogP contribution < -0.4 is 4.90 Å². The molecule has 0 aliphatic heterocycles. The van der Waals surface area contributed by atoms with E-state index >= 15 is 0 Å². The van der Waals surface area contributed by atoms with Gasteiger partial charge in [0.1, 0.15) is 22.3 Å². The largest absolute Gasteiger partial charge is 0.456 e. The molecule has 0 aliphatic carbocycles. The molecule has 240 valence electrons. The van der Waals surface area contributed by atoms with Gasteiger partial charge in [0, 0.05) is 38.5 Å². The Balaban J connectivity index is 1.26. The van der Waals surface area contributed by atoms with E-state index in [2.05, 4.69) is 175 Å². The van der Waals surface area contributed by atoms with Crippen molar-refractivity contribution in [3.63, 3.8) is 0 Å². The van der Waals surface area contributed by atoms with E-state index in [0.717, 1.165) is 77.6 Å². The number of furan rings is 2. The summed E-state index contributed by atoms with van der Waals surface area (Å²) in [5.41, 5.74) is 13.5. The third kappa shape index (κ3) is 4.98. The van der Waals surface area contributed by atoms with Gasteiger partial charge in [0.15, 0.2) is 0 Å². The van der Waals surface area contributed by atoms with Gasteiger partial charge >= 0.3 is 0 Å². The zero-order valence-electron chi connectivity index (χ0n) is 27.7. The molecule has 0 atom stereocenters. The lowest BCUT2D eigenvalue weighted by Gasteiger charge is -2.28. The molecule has 2 aromatic heterocycles. The van der Waals surface area contributed by atoms with Crippen LogP contribution >= 0.6 is 0 Å². The lowest BCUT2D eigenvalue weighted by atomic mass is 9.93. The van der Waals surface area contributed by atoms with E-state index in [1.807, 2.05) is 18.2 Å². The molecule has 2 heterocycles. The Morgan fingerprint density at radius 2 is 0.843 bits per heavy atom. The second-order valence-corrected chi connectivity index (χ2v) is 12.9. The van der Waals surface area contributed by atoms with Crippen LogP contribution in [0.4, 0.5) is 17.1 Å². The molecular formula is C48H31NO2. The predicted octanol–water partition coefficient (Wildman–Crippen LogP) is 14.0. The maximum atomic E-state index is 6.50. The minimum Gasteiger partial charge on any atom is -0.456 e. The maximum absolute atomic E-state index is 6.50. The zero-order valence-corrected chi connectivity index (χ0v) is 27.7. The summed E-state index contributed by atoms with van der Waals surface area (Å²) in [6, 6.07) is 66.3. The number of hydrogen-bond donors (Lipinski definition) is 0. The van der Waals surface area contributed by atoms with Crippen molar-refractivity contribution in [2.75, 3.05) is 4.90 Å². The SMILES string of the molecule is c1ccc(-c2ccc(N(c3ccc4oc5ccccc5c4c3)c3ccc4oc5ccccc5c4c3-c3cccc(-c4ccccc4)c3)cc2)cc1. The molecule has 3 nitrogen and oxygen atoms in total. The van der Waals surface area contributed by atoms with Crippen molar-refractivity contribution in [1.82, 2.24) is 0 Å². The summed E-state index contributed by atoms with van der Waals surface area (Å²) in [5.74, 6) is 0. The van der Waals surface area contributed by atoms with Crippen LogP contribution in [0.15, 0.2) is 197 Å². The third-order valence-electron chi connectivity index (χ3n) is 9.87. The molecule has 3 heteroatoms. The number of benzene rings is 8. The Kier molecular flexibility index (Phi) is 6.81. The van der Waals surface area contributed by atoms with Gasteiger partial charge in [0.2, 0.25) is 0 Å². The fourth-order valence-electron chi connectivity index (χ4n) is 7.48. The third-order valence-corrected chi connectivity index (χ3v) is 9.87. The van der Waals surface area contributed by atoms with Gasteiger partial charge in [0.05, 0.1) is 5.69 Å². The van der Waals surface area contributed by atoms with Gasteiger partial charge in [-0.1, -0.05) is 127 Å². The molecule has 0 bridgehead atoms. The van der Waals surface area contributed by atoms with Crippen LogP contribution in [0.5, 0.6) is 0 Å². The Labute approximate surface area is 295 Å². The van der Waals surface area contributed by atoms with Gasteiger partial charge in [-0.3, -0.25) is 0 Å². The van der Waals surface area contributed by atoms with Crippen molar-refractivity contribution in [2.24, 2.45) is 0 Å². The average molecular weight is 654 g/mol. The number of para-hydroxylation sites is 2. The van der Waals surface area contributed by atoms with Crippen molar-refractivity contribution in [1.29, 1.82) is 0 Å². The van der Waals surface area contributed by atoms with Crippen LogP contribution in [0.3, 0.4) is 0 Å². The molecule has 0 unspecified atom stereocenters.